The van der Waals surface area contributed by atoms with Crippen molar-refractivity contribution in [2.45, 2.75) is 32.7 Å². The smallest absolute Gasteiger partial charge is 0.309 e. The van der Waals surface area contributed by atoms with Crippen molar-refractivity contribution >= 4 is 5.97 Å². The lowest BCUT2D eigenvalue weighted by atomic mass is 10.2. The van der Waals surface area contributed by atoms with Gasteiger partial charge in [0.15, 0.2) is 0 Å². The Morgan fingerprint density at radius 1 is 1.69 bits per heavy atom. The zero-order chi connectivity index (χ0) is 9.42. The van der Waals surface area contributed by atoms with Gasteiger partial charge in [-0.1, -0.05) is 0 Å². The fourth-order valence-corrected chi connectivity index (χ4v) is 1.94. The number of carboxylic acid groups (broad SMARTS) is 1. The first kappa shape index (κ1) is 8.29. The summed E-state index contributed by atoms with van der Waals surface area (Å²) in [6.45, 7) is 2.92. The molecule has 13 heavy (non-hydrogen) atoms. The lowest BCUT2D eigenvalue weighted by molar-refractivity contribution is -0.136. The van der Waals surface area contributed by atoms with Crippen molar-refractivity contribution in [2.75, 3.05) is 0 Å². The van der Waals surface area contributed by atoms with Gasteiger partial charge < -0.3 is 9.67 Å². The molecule has 0 saturated heterocycles. The van der Waals surface area contributed by atoms with Crippen LogP contribution >= 0.6 is 0 Å². The molecular formula is C9H12N2O2. The monoisotopic (exact) mass is 180 g/mol. The number of aromatic nitrogens is 2. The minimum absolute atomic E-state index is 0.0587. The fraction of sp³-hybridized carbons (Fsp3) is 0.556. The molecule has 4 heteroatoms. The molecule has 1 N–H and O–H groups in total. The molecule has 2 heterocycles. The Kier molecular flexibility index (Phi) is 1.83. The highest BCUT2D eigenvalue weighted by Gasteiger charge is 2.20. The maximum Gasteiger partial charge on any atom is 0.309 e. The highest BCUT2D eigenvalue weighted by molar-refractivity contribution is 5.70. The Labute approximate surface area is 76.2 Å². The van der Waals surface area contributed by atoms with E-state index in [0.29, 0.717) is 0 Å². The van der Waals surface area contributed by atoms with E-state index < -0.39 is 5.97 Å². The van der Waals surface area contributed by atoms with Crippen molar-refractivity contribution in [3.8, 4) is 0 Å². The summed E-state index contributed by atoms with van der Waals surface area (Å²) in [6, 6.07) is 0. The van der Waals surface area contributed by atoms with Crippen molar-refractivity contribution in [2.24, 2.45) is 0 Å². The summed E-state index contributed by atoms with van der Waals surface area (Å²) >= 11 is 0. The summed E-state index contributed by atoms with van der Waals surface area (Å²) in [5.41, 5.74) is 1.88. The molecule has 0 unspecified atom stereocenters. The third-order valence-corrected chi connectivity index (χ3v) is 2.46. The van der Waals surface area contributed by atoms with E-state index in [0.717, 1.165) is 36.6 Å². The molecule has 0 bridgehead atoms. The van der Waals surface area contributed by atoms with Crippen molar-refractivity contribution in [3.05, 3.63) is 17.2 Å². The van der Waals surface area contributed by atoms with E-state index in [-0.39, 0.29) is 6.42 Å². The first-order valence-electron chi connectivity index (χ1n) is 4.45. The molecule has 70 valence electrons. The number of carboxylic acids is 1. The predicted octanol–water partition coefficient (Wildman–Crippen LogP) is 0.765. The Hall–Kier alpha value is -1.32. The molecular weight excluding hydrogens is 168 g/mol. The Bertz CT molecular complexity index is 355. The summed E-state index contributed by atoms with van der Waals surface area (Å²) in [4.78, 5) is 14.8. The summed E-state index contributed by atoms with van der Waals surface area (Å²) in [6.07, 6.45) is 2.15. The van der Waals surface area contributed by atoms with Crippen molar-refractivity contribution < 1.29 is 9.90 Å². The summed E-state index contributed by atoms with van der Waals surface area (Å²) in [5.74, 6) is 0.150. The van der Waals surface area contributed by atoms with Crippen LogP contribution in [0, 0.1) is 6.92 Å². The molecule has 1 aliphatic rings. The number of fused-ring (bicyclic) bond motifs is 1. The zero-order valence-corrected chi connectivity index (χ0v) is 7.58. The lowest BCUT2D eigenvalue weighted by Crippen LogP contribution is -2.03. The maximum atomic E-state index is 10.5. The highest BCUT2D eigenvalue weighted by atomic mass is 16.4. The van der Waals surface area contributed by atoms with Gasteiger partial charge in [-0.05, 0) is 19.8 Å². The first-order valence-corrected chi connectivity index (χ1v) is 4.45. The Morgan fingerprint density at radius 3 is 3.15 bits per heavy atom. The Morgan fingerprint density at radius 2 is 2.46 bits per heavy atom. The van der Waals surface area contributed by atoms with Crippen LogP contribution in [0.15, 0.2) is 0 Å². The molecule has 0 amide bonds. The third-order valence-electron chi connectivity index (χ3n) is 2.46. The van der Waals surface area contributed by atoms with Gasteiger partial charge in [-0.2, -0.15) is 0 Å². The average molecular weight is 180 g/mol. The first-order chi connectivity index (χ1) is 6.18. The average Bonchev–Trinajstić information content (AvgIpc) is 2.56. The molecule has 0 radical (unpaired) electrons. The van der Waals surface area contributed by atoms with E-state index in [9.17, 15) is 4.79 Å². The van der Waals surface area contributed by atoms with Crippen LogP contribution in [-0.4, -0.2) is 20.6 Å². The van der Waals surface area contributed by atoms with E-state index in [1.54, 1.807) is 0 Å². The van der Waals surface area contributed by atoms with Crippen LogP contribution in [0.3, 0.4) is 0 Å². The van der Waals surface area contributed by atoms with E-state index in [1.807, 2.05) is 6.92 Å². The van der Waals surface area contributed by atoms with Gasteiger partial charge in [0.05, 0.1) is 12.1 Å². The van der Waals surface area contributed by atoms with Crippen LogP contribution in [0.2, 0.25) is 0 Å². The fourth-order valence-electron chi connectivity index (χ4n) is 1.94. The SMILES string of the molecule is Cc1nc(CC(=O)O)c2n1CCC2. The number of rotatable bonds is 2. The Balaban J connectivity index is 2.36. The molecule has 0 aromatic carbocycles. The number of aliphatic carboxylic acids is 1. The number of nitrogens with zero attached hydrogens (tertiary/aromatic N) is 2. The van der Waals surface area contributed by atoms with Gasteiger partial charge in [0, 0.05) is 12.2 Å². The number of aryl methyl sites for hydroxylation is 1. The molecule has 0 saturated carbocycles. The molecule has 0 aliphatic carbocycles. The van der Waals surface area contributed by atoms with Gasteiger partial charge in [0.1, 0.15) is 5.82 Å². The number of hydrogen-bond donors (Lipinski definition) is 1. The van der Waals surface area contributed by atoms with Gasteiger partial charge in [-0.3, -0.25) is 4.79 Å². The molecule has 2 rings (SSSR count). The quantitative estimate of drug-likeness (QED) is 0.731. The molecule has 4 nitrogen and oxygen atoms in total. The van der Waals surface area contributed by atoms with Crippen LogP contribution < -0.4 is 0 Å². The summed E-state index contributed by atoms with van der Waals surface area (Å²) in [5, 5.41) is 8.66. The molecule has 1 aliphatic heterocycles. The third kappa shape index (κ3) is 1.32. The highest BCUT2D eigenvalue weighted by Crippen LogP contribution is 2.21. The van der Waals surface area contributed by atoms with Crippen LogP contribution in [0.4, 0.5) is 0 Å². The lowest BCUT2D eigenvalue weighted by Gasteiger charge is -1.96. The van der Waals surface area contributed by atoms with Crippen molar-refractivity contribution in [1.29, 1.82) is 0 Å². The second kappa shape index (κ2) is 2.87. The molecule has 1 aromatic rings. The predicted molar refractivity (Wildman–Crippen MR) is 46.6 cm³/mol. The number of imidazole rings is 1. The summed E-state index contributed by atoms with van der Waals surface area (Å²) in [7, 11) is 0. The minimum atomic E-state index is -0.798. The standard InChI is InChI=1S/C9H12N2O2/c1-6-10-7(5-9(12)13)8-3-2-4-11(6)8/h2-5H2,1H3,(H,12,13). The van der Waals surface area contributed by atoms with Crippen LogP contribution in [0.25, 0.3) is 0 Å². The maximum absolute atomic E-state index is 10.5. The van der Waals surface area contributed by atoms with E-state index >= 15 is 0 Å². The van der Waals surface area contributed by atoms with Gasteiger partial charge >= 0.3 is 5.97 Å². The van der Waals surface area contributed by atoms with Crippen molar-refractivity contribution in [3.63, 3.8) is 0 Å². The molecule has 0 fully saturated rings. The van der Waals surface area contributed by atoms with Gasteiger partial charge in [0.25, 0.3) is 0 Å². The van der Waals surface area contributed by atoms with Crippen molar-refractivity contribution in [1.82, 2.24) is 9.55 Å². The molecule has 0 atom stereocenters. The van der Waals surface area contributed by atoms with Gasteiger partial charge in [-0.25, -0.2) is 4.98 Å². The normalized spacial score (nSPS) is 14.5. The van der Waals surface area contributed by atoms with Gasteiger partial charge in [-0.15, -0.1) is 0 Å². The van der Waals surface area contributed by atoms with E-state index in [2.05, 4.69) is 9.55 Å². The topological polar surface area (TPSA) is 55.1 Å². The number of carbonyl (C=O) groups is 1. The molecule has 0 spiro atoms. The largest absolute Gasteiger partial charge is 0.481 e. The second-order valence-electron chi connectivity index (χ2n) is 3.38. The second-order valence-corrected chi connectivity index (χ2v) is 3.38. The number of hydrogen-bond acceptors (Lipinski definition) is 2. The minimum Gasteiger partial charge on any atom is -0.481 e. The van der Waals surface area contributed by atoms with Crippen LogP contribution in [-0.2, 0) is 24.2 Å². The van der Waals surface area contributed by atoms with Gasteiger partial charge in [0.2, 0.25) is 0 Å². The van der Waals surface area contributed by atoms with Crippen LogP contribution in [0.1, 0.15) is 23.6 Å². The summed E-state index contributed by atoms with van der Waals surface area (Å²) < 4.78 is 2.12. The van der Waals surface area contributed by atoms with E-state index in [4.69, 9.17) is 5.11 Å². The van der Waals surface area contributed by atoms with E-state index in [1.165, 1.54) is 0 Å². The zero-order valence-electron chi connectivity index (χ0n) is 7.58. The molecule has 1 aromatic heterocycles. The van der Waals surface area contributed by atoms with Crippen LogP contribution in [0.5, 0.6) is 0 Å².